The molecule has 122 valence electrons. The van der Waals surface area contributed by atoms with E-state index in [1.54, 1.807) is 26.0 Å². The van der Waals surface area contributed by atoms with Crippen molar-refractivity contribution in [2.45, 2.75) is 38.8 Å². The van der Waals surface area contributed by atoms with Gasteiger partial charge in [-0.25, -0.2) is 13.6 Å². The number of carbonyl (C=O) groups is 2. The molecule has 8 heteroatoms. The molecule has 0 bridgehead atoms. The smallest absolute Gasteiger partial charge is 0.326 e. The predicted molar refractivity (Wildman–Crippen MR) is 79.4 cm³/mol. The molecular weight excluding hydrogens is 364 g/mol. The van der Waals surface area contributed by atoms with Crippen LogP contribution in [-0.2, 0) is 4.79 Å². The van der Waals surface area contributed by atoms with Crippen molar-refractivity contribution in [1.82, 2.24) is 5.32 Å². The maximum Gasteiger partial charge on any atom is 0.326 e. The summed E-state index contributed by atoms with van der Waals surface area (Å²) in [5.74, 6) is -2.06. The molecule has 0 saturated carbocycles. The summed E-state index contributed by atoms with van der Waals surface area (Å²) in [5.41, 5.74) is 0.0809. The van der Waals surface area contributed by atoms with Crippen LogP contribution in [-0.4, -0.2) is 35.6 Å². The molecule has 22 heavy (non-hydrogen) atoms. The van der Waals surface area contributed by atoms with Gasteiger partial charge in [-0.15, -0.1) is 0 Å². The number of hydrogen-bond acceptors (Lipinski definition) is 3. The van der Waals surface area contributed by atoms with Crippen LogP contribution in [0.4, 0.5) is 8.78 Å². The summed E-state index contributed by atoms with van der Waals surface area (Å²) in [7, 11) is 0. The van der Waals surface area contributed by atoms with E-state index in [-0.39, 0.29) is 17.4 Å². The average molecular weight is 380 g/mol. The molecule has 1 unspecified atom stereocenters. The molecule has 1 aromatic rings. The lowest BCUT2D eigenvalue weighted by Crippen LogP contribution is -2.42. The van der Waals surface area contributed by atoms with Crippen LogP contribution in [0.25, 0.3) is 0 Å². The van der Waals surface area contributed by atoms with Gasteiger partial charge in [0.2, 0.25) is 6.43 Å². The Morgan fingerprint density at radius 2 is 2.00 bits per heavy atom. The second kappa shape index (κ2) is 8.07. The van der Waals surface area contributed by atoms with E-state index in [4.69, 9.17) is 9.84 Å². The Kier molecular flexibility index (Phi) is 6.73. The van der Waals surface area contributed by atoms with Crippen LogP contribution in [0.5, 0.6) is 5.75 Å². The molecule has 1 rings (SSSR count). The van der Waals surface area contributed by atoms with E-state index in [2.05, 4.69) is 21.2 Å². The molecule has 0 aromatic heterocycles. The van der Waals surface area contributed by atoms with Gasteiger partial charge in [0.05, 0.1) is 11.7 Å². The molecule has 1 aromatic carbocycles. The van der Waals surface area contributed by atoms with Crippen LogP contribution in [0.3, 0.4) is 0 Å². The molecule has 0 saturated heterocycles. The molecule has 1 atom stereocenters. The molecule has 0 heterocycles. The number of amides is 1. The van der Waals surface area contributed by atoms with E-state index >= 15 is 0 Å². The highest BCUT2D eigenvalue weighted by Gasteiger charge is 2.26. The first-order chi connectivity index (χ1) is 10.2. The fraction of sp³-hybridized carbons (Fsp3) is 0.429. The Morgan fingerprint density at radius 3 is 2.50 bits per heavy atom. The fourth-order valence-corrected chi connectivity index (χ4v) is 2.01. The third-order valence-electron chi connectivity index (χ3n) is 2.57. The summed E-state index contributed by atoms with van der Waals surface area (Å²) < 4.78 is 30.9. The first-order valence-electron chi connectivity index (χ1n) is 6.48. The number of hydrogen-bond donors (Lipinski definition) is 2. The van der Waals surface area contributed by atoms with Gasteiger partial charge in [-0.3, -0.25) is 4.79 Å². The van der Waals surface area contributed by atoms with E-state index in [9.17, 15) is 18.4 Å². The van der Waals surface area contributed by atoms with Crippen LogP contribution in [0.1, 0.15) is 30.6 Å². The van der Waals surface area contributed by atoms with Crippen LogP contribution in [0.2, 0.25) is 0 Å². The van der Waals surface area contributed by atoms with Crippen molar-refractivity contribution in [3.05, 3.63) is 28.2 Å². The Hall–Kier alpha value is -1.70. The van der Waals surface area contributed by atoms with Crippen molar-refractivity contribution < 1.29 is 28.2 Å². The maximum absolute atomic E-state index is 12.4. The predicted octanol–water partition coefficient (Wildman–Crippen LogP) is 3.07. The highest BCUT2D eigenvalue weighted by atomic mass is 79.9. The molecule has 0 radical (unpaired) electrons. The van der Waals surface area contributed by atoms with Gasteiger partial charge in [0.1, 0.15) is 11.8 Å². The van der Waals surface area contributed by atoms with Gasteiger partial charge in [0, 0.05) is 10.9 Å². The molecule has 0 spiro atoms. The molecule has 0 fully saturated rings. The second-order valence-electron chi connectivity index (χ2n) is 4.80. The number of nitrogens with one attached hydrogen (secondary N) is 1. The van der Waals surface area contributed by atoms with Crippen LogP contribution in [0.15, 0.2) is 22.7 Å². The number of rotatable bonds is 7. The Balaban J connectivity index is 2.98. The lowest BCUT2D eigenvalue weighted by molar-refractivity contribution is -0.140. The summed E-state index contributed by atoms with van der Waals surface area (Å²) in [6, 6.07) is 2.89. The monoisotopic (exact) mass is 379 g/mol. The summed E-state index contributed by atoms with van der Waals surface area (Å²) in [6.45, 7) is 3.53. The molecule has 0 aliphatic heterocycles. The first kappa shape index (κ1) is 18.3. The largest absolute Gasteiger partial charge is 0.490 e. The summed E-state index contributed by atoms with van der Waals surface area (Å²) in [4.78, 5) is 23.1. The number of carboxylic acid groups (broad SMARTS) is 1. The number of carbonyl (C=O) groups excluding carboxylic acids is 1. The first-order valence-corrected chi connectivity index (χ1v) is 7.28. The van der Waals surface area contributed by atoms with Gasteiger partial charge in [-0.2, -0.15) is 0 Å². The topological polar surface area (TPSA) is 75.6 Å². The van der Waals surface area contributed by atoms with E-state index in [1.165, 1.54) is 6.07 Å². The van der Waals surface area contributed by atoms with Gasteiger partial charge in [0.15, 0.2) is 0 Å². The van der Waals surface area contributed by atoms with Gasteiger partial charge >= 0.3 is 5.97 Å². The zero-order valence-electron chi connectivity index (χ0n) is 12.0. The van der Waals surface area contributed by atoms with Gasteiger partial charge in [-0.05, 0) is 32.0 Å². The average Bonchev–Trinajstić information content (AvgIpc) is 2.36. The third kappa shape index (κ3) is 5.59. The zero-order valence-corrected chi connectivity index (χ0v) is 13.6. The van der Waals surface area contributed by atoms with Crippen molar-refractivity contribution in [3.63, 3.8) is 0 Å². The lowest BCUT2D eigenvalue weighted by atomic mass is 10.1. The number of alkyl halides is 2. The number of ether oxygens (including phenoxy) is 1. The molecular formula is C14H16BrF2NO4. The van der Waals surface area contributed by atoms with Crippen molar-refractivity contribution in [2.75, 3.05) is 0 Å². The van der Waals surface area contributed by atoms with E-state index in [0.717, 1.165) is 0 Å². The van der Waals surface area contributed by atoms with Gasteiger partial charge < -0.3 is 15.2 Å². The van der Waals surface area contributed by atoms with Crippen molar-refractivity contribution in [1.29, 1.82) is 0 Å². The quantitative estimate of drug-likeness (QED) is 0.763. The van der Waals surface area contributed by atoms with Crippen molar-refractivity contribution >= 4 is 27.8 Å². The van der Waals surface area contributed by atoms with Gasteiger partial charge in [-0.1, -0.05) is 15.9 Å². The minimum absolute atomic E-state index is 0.0809. The highest BCUT2D eigenvalue weighted by molar-refractivity contribution is 9.10. The Labute approximate surface area is 134 Å². The van der Waals surface area contributed by atoms with Crippen molar-refractivity contribution in [3.8, 4) is 5.75 Å². The van der Waals surface area contributed by atoms with Gasteiger partial charge in [0.25, 0.3) is 5.91 Å². The summed E-state index contributed by atoms with van der Waals surface area (Å²) in [5, 5.41) is 11.0. The minimum atomic E-state index is -2.84. The number of halogens is 3. The molecule has 2 N–H and O–H groups in total. The Morgan fingerprint density at radius 1 is 1.36 bits per heavy atom. The molecule has 0 aliphatic carbocycles. The molecule has 1 amide bonds. The van der Waals surface area contributed by atoms with Crippen LogP contribution >= 0.6 is 15.9 Å². The minimum Gasteiger partial charge on any atom is -0.490 e. The second-order valence-corrected chi connectivity index (χ2v) is 5.71. The standard InChI is InChI=1S/C14H16BrF2NO4/c1-7(2)22-11-5-8(15)3-4-9(11)13(19)18-10(14(20)21)6-12(16)17/h3-5,7,10,12H,6H2,1-2H3,(H,18,19)(H,20,21). The van der Waals surface area contributed by atoms with E-state index in [1.807, 2.05) is 0 Å². The third-order valence-corrected chi connectivity index (χ3v) is 3.06. The van der Waals surface area contributed by atoms with Crippen LogP contribution < -0.4 is 10.1 Å². The highest BCUT2D eigenvalue weighted by Crippen LogP contribution is 2.25. The maximum atomic E-state index is 12.4. The number of carboxylic acids is 1. The fourth-order valence-electron chi connectivity index (χ4n) is 1.67. The SMILES string of the molecule is CC(C)Oc1cc(Br)ccc1C(=O)NC(CC(F)F)C(=O)O. The Bertz CT molecular complexity index is 552. The van der Waals surface area contributed by atoms with Crippen molar-refractivity contribution in [2.24, 2.45) is 0 Å². The summed E-state index contributed by atoms with van der Waals surface area (Å²) >= 11 is 3.24. The molecule has 5 nitrogen and oxygen atoms in total. The number of benzene rings is 1. The van der Waals surface area contributed by atoms with Crippen LogP contribution in [0, 0.1) is 0 Å². The van der Waals surface area contributed by atoms with E-state index in [0.29, 0.717) is 4.47 Å². The zero-order chi connectivity index (χ0) is 16.9. The summed E-state index contributed by atoms with van der Waals surface area (Å²) in [6.07, 6.45) is -4.01. The normalized spacial score (nSPS) is 12.3. The lowest BCUT2D eigenvalue weighted by Gasteiger charge is -2.17. The number of aliphatic carboxylic acids is 1. The molecule has 0 aliphatic rings. The van der Waals surface area contributed by atoms with E-state index < -0.39 is 30.8 Å².